The van der Waals surface area contributed by atoms with Crippen LogP contribution in [-0.2, 0) is 11.3 Å². The average Bonchev–Trinajstić information content (AvgIpc) is 2.79. The van der Waals surface area contributed by atoms with Gasteiger partial charge in [-0.25, -0.2) is 0 Å². The number of thioether (sulfide) groups is 1. The highest BCUT2D eigenvalue weighted by atomic mass is 32.2. The third kappa shape index (κ3) is 5.25. The van der Waals surface area contributed by atoms with Crippen molar-refractivity contribution in [2.45, 2.75) is 29.7 Å². The number of nitrogens with zero attached hydrogens (tertiary/aromatic N) is 1. The van der Waals surface area contributed by atoms with Gasteiger partial charge in [0.05, 0.1) is 30.0 Å². The number of hydrogen-bond donors (Lipinski definition) is 0. The molecule has 0 amide bonds. The number of methoxy groups -OCH3 is 1. The summed E-state index contributed by atoms with van der Waals surface area (Å²) in [7, 11) is 1.74. The van der Waals surface area contributed by atoms with E-state index in [1.54, 1.807) is 7.11 Å². The molecule has 0 saturated carbocycles. The van der Waals surface area contributed by atoms with Crippen LogP contribution < -0.4 is 4.74 Å². The van der Waals surface area contributed by atoms with Crippen LogP contribution in [0.3, 0.4) is 0 Å². The Labute approximate surface area is 184 Å². The predicted octanol–water partition coefficient (Wildman–Crippen LogP) is 5.74. The Morgan fingerprint density at radius 1 is 1.00 bits per heavy atom. The first kappa shape index (κ1) is 21.0. The highest BCUT2D eigenvalue weighted by Gasteiger charge is 2.31. The number of benzene rings is 3. The maximum absolute atomic E-state index is 6.34. The van der Waals surface area contributed by atoms with E-state index in [2.05, 4.69) is 78.6 Å². The van der Waals surface area contributed by atoms with Crippen LogP contribution in [0.25, 0.3) is 0 Å². The van der Waals surface area contributed by atoms with Crippen molar-refractivity contribution in [3.63, 3.8) is 0 Å². The third-order valence-electron chi connectivity index (χ3n) is 5.49. The molecule has 156 valence electrons. The molecule has 0 spiro atoms. The lowest BCUT2D eigenvalue weighted by Gasteiger charge is -2.37. The third-order valence-corrected chi connectivity index (χ3v) is 6.91. The van der Waals surface area contributed by atoms with Gasteiger partial charge in [-0.2, -0.15) is 0 Å². The maximum atomic E-state index is 6.34. The normalized spacial score (nSPS) is 18.1. The molecule has 0 aliphatic carbocycles. The highest BCUT2D eigenvalue weighted by Crippen LogP contribution is 2.43. The van der Waals surface area contributed by atoms with Gasteiger partial charge in [0, 0.05) is 19.6 Å². The molecule has 1 saturated heterocycles. The van der Waals surface area contributed by atoms with Gasteiger partial charge in [-0.3, -0.25) is 4.90 Å². The van der Waals surface area contributed by atoms with Gasteiger partial charge in [-0.15, -0.1) is 11.8 Å². The molecule has 1 heterocycles. The van der Waals surface area contributed by atoms with Crippen molar-refractivity contribution in [2.24, 2.45) is 0 Å². The Bertz CT molecular complexity index is 929. The van der Waals surface area contributed by atoms with Gasteiger partial charge in [-0.1, -0.05) is 72.3 Å². The largest absolute Gasteiger partial charge is 0.496 e. The Kier molecular flexibility index (Phi) is 7.11. The second-order valence-electron chi connectivity index (χ2n) is 7.73. The van der Waals surface area contributed by atoms with Crippen LogP contribution in [0.1, 0.15) is 21.9 Å². The van der Waals surface area contributed by atoms with E-state index in [0.29, 0.717) is 0 Å². The first-order chi connectivity index (χ1) is 14.7. The first-order valence-corrected chi connectivity index (χ1v) is 11.3. The lowest BCUT2D eigenvalue weighted by atomic mass is 10.0. The number of rotatable bonds is 7. The van der Waals surface area contributed by atoms with Crippen molar-refractivity contribution in [3.05, 3.63) is 95.6 Å². The number of aryl methyl sites for hydroxylation is 1. The fourth-order valence-electron chi connectivity index (χ4n) is 3.87. The fraction of sp³-hybridized carbons (Fsp3) is 0.308. The van der Waals surface area contributed by atoms with Crippen molar-refractivity contribution in [2.75, 3.05) is 26.8 Å². The molecule has 4 heteroatoms. The quantitative estimate of drug-likeness (QED) is 0.455. The number of morpholine rings is 1. The Morgan fingerprint density at radius 3 is 2.50 bits per heavy atom. The topological polar surface area (TPSA) is 21.7 Å². The van der Waals surface area contributed by atoms with Crippen LogP contribution in [0.4, 0.5) is 0 Å². The minimum absolute atomic E-state index is 0.111. The van der Waals surface area contributed by atoms with Gasteiger partial charge in [0.25, 0.3) is 0 Å². The molecule has 1 unspecified atom stereocenters. The van der Waals surface area contributed by atoms with E-state index >= 15 is 0 Å². The van der Waals surface area contributed by atoms with Crippen molar-refractivity contribution >= 4 is 11.8 Å². The number of hydrogen-bond acceptors (Lipinski definition) is 4. The Hall–Kier alpha value is -2.27. The molecule has 4 rings (SSSR count). The van der Waals surface area contributed by atoms with Crippen LogP contribution in [0.15, 0.2) is 83.8 Å². The SMILES string of the molecule is COc1ccccc1SC(c1ccc(C)cc1)[C@H]1CN(Cc2ccccc2)CCO1. The molecule has 30 heavy (non-hydrogen) atoms. The van der Waals surface area contributed by atoms with E-state index in [9.17, 15) is 0 Å². The second-order valence-corrected chi connectivity index (χ2v) is 8.91. The molecule has 2 atom stereocenters. The average molecular weight is 420 g/mol. The molecule has 3 nitrogen and oxygen atoms in total. The summed E-state index contributed by atoms with van der Waals surface area (Å²) < 4.78 is 12.0. The van der Waals surface area contributed by atoms with Gasteiger partial charge in [-0.05, 0) is 30.2 Å². The monoisotopic (exact) mass is 419 g/mol. The smallest absolute Gasteiger partial charge is 0.132 e. The minimum Gasteiger partial charge on any atom is -0.496 e. The molecule has 0 N–H and O–H groups in total. The Balaban J connectivity index is 1.57. The summed E-state index contributed by atoms with van der Waals surface area (Å²) in [6, 6.07) is 27.8. The van der Waals surface area contributed by atoms with Gasteiger partial charge in [0.15, 0.2) is 0 Å². The van der Waals surface area contributed by atoms with Gasteiger partial charge in [0.1, 0.15) is 5.75 Å². The number of para-hydroxylation sites is 1. The molecule has 0 aromatic heterocycles. The molecule has 1 fully saturated rings. The molecule has 3 aromatic carbocycles. The molecular formula is C26H29NO2S. The zero-order chi connectivity index (χ0) is 20.8. The van der Waals surface area contributed by atoms with Crippen LogP contribution in [0, 0.1) is 6.92 Å². The Morgan fingerprint density at radius 2 is 1.73 bits per heavy atom. The predicted molar refractivity (Wildman–Crippen MR) is 124 cm³/mol. The van der Waals surface area contributed by atoms with Gasteiger partial charge >= 0.3 is 0 Å². The highest BCUT2D eigenvalue weighted by molar-refractivity contribution is 7.99. The van der Waals surface area contributed by atoms with Crippen molar-refractivity contribution < 1.29 is 9.47 Å². The van der Waals surface area contributed by atoms with Crippen LogP contribution in [0.2, 0.25) is 0 Å². The lowest BCUT2D eigenvalue weighted by Crippen LogP contribution is -2.44. The standard InChI is InChI=1S/C26H29NO2S/c1-20-12-14-22(15-13-20)26(30-25-11-7-6-10-23(25)28-2)24-19-27(16-17-29-24)18-21-8-4-3-5-9-21/h3-15,24,26H,16-19H2,1-2H3/t24-,26?/m1/s1. The number of ether oxygens (including phenoxy) is 2. The second kappa shape index (κ2) is 10.2. The van der Waals surface area contributed by atoms with Crippen LogP contribution in [0.5, 0.6) is 5.75 Å². The zero-order valence-electron chi connectivity index (χ0n) is 17.7. The summed E-state index contributed by atoms with van der Waals surface area (Å²) in [4.78, 5) is 3.65. The summed E-state index contributed by atoms with van der Waals surface area (Å²) in [6.07, 6.45) is 0.111. The molecule has 0 radical (unpaired) electrons. The van der Waals surface area contributed by atoms with E-state index in [0.717, 1.165) is 36.9 Å². The van der Waals surface area contributed by atoms with Crippen molar-refractivity contribution in [3.8, 4) is 5.75 Å². The first-order valence-electron chi connectivity index (χ1n) is 10.5. The van der Waals surface area contributed by atoms with E-state index in [-0.39, 0.29) is 11.4 Å². The molecule has 1 aliphatic rings. The summed E-state index contributed by atoms with van der Waals surface area (Å²) in [6.45, 7) is 5.72. The summed E-state index contributed by atoms with van der Waals surface area (Å²) in [5.74, 6) is 0.913. The van der Waals surface area contributed by atoms with E-state index in [4.69, 9.17) is 9.47 Å². The van der Waals surface area contributed by atoms with Crippen molar-refractivity contribution in [1.29, 1.82) is 0 Å². The van der Waals surface area contributed by atoms with Gasteiger partial charge < -0.3 is 9.47 Å². The lowest BCUT2D eigenvalue weighted by molar-refractivity contribution is -0.0319. The van der Waals surface area contributed by atoms with E-state index < -0.39 is 0 Å². The molecular weight excluding hydrogens is 390 g/mol. The molecule has 1 aliphatic heterocycles. The summed E-state index contributed by atoms with van der Waals surface area (Å²) >= 11 is 1.84. The van der Waals surface area contributed by atoms with Crippen LogP contribution in [-0.4, -0.2) is 37.8 Å². The maximum Gasteiger partial charge on any atom is 0.132 e. The van der Waals surface area contributed by atoms with E-state index in [1.807, 2.05) is 23.9 Å². The van der Waals surface area contributed by atoms with Crippen LogP contribution >= 0.6 is 11.8 Å². The molecule has 0 bridgehead atoms. The minimum atomic E-state index is 0.111. The molecule has 3 aromatic rings. The zero-order valence-corrected chi connectivity index (χ0v) is 18.5. The summed E-state index contributed by atoms with van der Waals surface area (Å²) in [5, 5.41) is 0.195. The van der Waals surface area contributed by atoms with Gasteiger partial charge in [0.2, 0.25) is 0 Å². The summed E-state index contributed by atoms with van der Waals surface area (Å²) in [5.41, 5.74) is 3.92. The fourth-order valence-corrected chi connectivity index (χ4v) is 5.18. The van der Waals surface area contributed by atoms with Crippen molar-refractivity contribution in [1.82, 2.24) is 4.90 Å². The van der Waals surface area contributed by atoms with E-state index in [1.165, 1.54) is 16.7 Å².